The van der Waals surface area contributed by atoms with Gasteiger partial charge in [0, 0.05) is 12.6 Å². The standard InChI is InChI=1S/C11H17ClN4/c1-7(2)8-4-3-5-16(8)11-9(13)10(12)14-6-15-11/h6-8H,3-5,13H2,1-2H3. The number of nitrogen functional groups attached to an aromatic ring is 1. The van der Waals surface area contributed by atoms with Crippen LogP contribution >= 0.6 is 11.6 Å². The average molecular weight is 241 g/mol. The molecule has 1 aliphatic heterocycles. The van der Waals surface area contributed by atoms with Crippen LogP contribution in [0.5, 0.6) is 0 Å². The number of halogens is 1. The molecule has 1 aromatic rings. The van der Waals surface area contributed by atoms with Crippen LogP contribution in [-0.4, -0.2) is 22.6 Å². The molecule has 2 heterocycles. The number of aromatic nitrogens is 2. The van der Waals surface area contributed by atoms with E-state index in [0.717, 1.165) is 12.4 Å². The third-order valence-electron chi connectivity index (χ3n) is 3.16. The summed E-state index contributed by atoms with van der Waals surface area (Å²) >= 11 is 5.92. The van der Waals surface area contributed by atoms with E-state index < -0.39 is 0 Å². The van der Waals surface area contributed by atoms with Gasteiger partial charge in [-0.25, -0.2) is 9.97 Å². The first-order valence-corrected chi connectivity index (χ1v) is 6.01. The Balaban J connectivity index is 2.33. The van der Waals surface area contributed by atoms with Gasteiger partial charge in [0.2, 0.25) is 0 Å². The van der Waals surface area contributed by atoms with Crippen LogP contribution in [0.25, 0.3) is 0 Å². The molecule has 0 amide bonds. The van der Waals surface area contributed by atoms with Crippen molar-refractivity contribution in [2.24, 2.45) is 5.92 Å². The maximum atomic E-state index is 5.93. The van der Waals surface area contributed by atoms with Gasteiger partial charge in [0.25, 0.3) is 0 Å². The Hall–Kier alpha value is -1.03. The largest absolute Gasteiger partial charge is 0.393 e. The Kier molecular flexibility index (Phi) is 3.19. The zero-order valence-corrected chi connectivity index (χ0v) is 10.4. The highest BCUT2D eigenvalue weighted by Crippen LogP contribution is 2.33. The fraction of sp³-hybridized carbons (Fsp3) is 0.636. The topological polar surface area (TPSA) is 55.0 Å². The van der Waals surface area contributed by atoms with Gasteiger partial charge in [0.05, 0.1) is 0 Å². The second-order valence-corrected chi connectivity index (χ2v) is 4.91. The molecule has 1 unspecified atom stereocenters. The Morgan fingerprint density at radius 3 is 2.94 bits per heavy atom. The predicted molar refractivity (Wildman–Crippen MR) is 66.7 cm³/mol. The number of nitrogens with zero attached hydrogens (tertiary/aromatic N) is 3. The Bertz CT molecular complexity index is 380. The summed E-state index contributed by atoms with van der Waals surface area (Å²) in [7, 11) is 0. The van der Waals surface area contributed by atoms with Crippen LogP contribution in [0.4, 0.5) is 11.5 Å². The van der Waals surface area contributed by atoms with Crippen molar-refractivity contribution in [3.8, 4) is 0 Å². The van der Waals surface area contributed by atoms with Crippen LogP contribution in [-0.2, 0) is 0 Å². The van der Waals surface area contributed by atoms with E-state index >= 15 is 0 Å². The summed E-state index contributed by atoms with van der Waals surface area (Å²) < 4.78 is 0. The first-order valence-electron chi connectivity index (χ1n) is 5.64. The van der Waals surface area contributed by atoms with Gasteiger partial charge < -0.3 is 10.6 Å². The van der Waals surface area contributed by atoms with Crippen molar-refractivity contribution in [3.63, 3.8) is 0 Å². The fourth-order valence-corrected chi connectivity index (χ4v) is 2.47. The zero-order valence-electron chi connectivity index (χ0n) is 9.65. The van der Waals surface area contributed by atoms with Gasteiger partial charge in [-0.1, -0.05) is 25.4 Å². The predicted octanol–water partition coefficient (Wildman–Crippen LogP) is 2.34. The first kappa shape index (κ1) is 11.5. The summed E-state index contributed by atoms with van der Waals surface area (Å²) in [5, 5.41) is 0.347. The van der Waals surface area contributed by atoms with Crippen molar-refractivity contribution in [2.45, 2.75) is 32.7 Å². The lowest BCUT2D eigenvalue weighted by Crippen LogP contribution is -2.34. The molecule has 88 valence electrons. The molecule has 4 nitrogen and oxygen atoms in total. The highest BCUT2D eigenvalue weighted by molar-refractivity contribution is 6.32. The van der Waals surface area contributed by atoms with Crippen LogP contribution in [0, 0.1) is 5.92 Å². The van der Waals surface area contributed by atoms with Crippen LogP contribution < -0.4 is 10.6 Å². The average Bonchev–Trinajstić information content (AvgIpc) is 2.70. The maximum absolute atomic E-state index is 5.93. The highest BCUT2D eigenvalue weighted by atomic mass is 35.5. The molecule has 5 heteroatoms. The summed E-state index contributed by atoms with van der Waals surface area (Å²) in [5.74, 6) is 1.38. The molecule has 0 spiro atoms. The molecular weight excluding hydrogens is 224 g/mol. The van der Waals surface area contributed by atoms with Gasteiger partial charge in [0.1, 0.15) is 12.0 Å². The normalized spacial score (nSPS) is 20.8. The van der Waals surface area contributed by atoms with Crippen LogP contribution in [0.1, 0.15) is 26.7 Å². The SMILES string of the molecule is CC(C)C1CCCN1c1ncnc(Cl)c1N. The number of anilines is 2. The van der Waals surface area contributed by atoms with E-state index in [9.17, 15) is 0 Å². The minimum Gasteiger partial charge on any atom is -0.393 e. The molecule has 2 N–H and O–H groups in total. The zero-order chi connectivity index (χ0) is 11.7. The highest BCUT2D eigenvalue weighted by Gasteiger charge is 2.29. The summed E-state index contributed by atoms with van der Waals surface area (Å²) in [5.41, 5.74) is 6.42. The van der Waals surface area contributed by atoms with E-state index in [0.29, 0.717) is 22.8 Å². The van der Waals surface area contributed by atoms with E-state index in [2.05, 4.69) is 28.7 Å². The number of hydrogen-bond donors (Lipinski definition) is 1. The van der Waals surface area contributed by atoms with Crippen LogP contribution in [0.2, 0.25) is 5.15 Å². The first-order chi connectivity index (χ1) is 7.61. The van der Waals surface area contributed by atoms with Gasteiger partial charge >= 0.3 is 0 Å². The Morgan fingerprint density at radius 2 is 2.25 bits per heavy atom. The lowest BCUT2D eigenvalue weighted by molar-refractivity contribution is 0.490. The molecule has 0 radical (unpaired) electrons. The molecule has 1 fully saturated rings. The van der Waals surface area contributed by atoms with Crippen LogP contribution in [0.15, 0.2) is 6.33 Å². The summed E-state index contributed by atoms with van der Waals surface area (Å²) in [6.45, 7) is 5.45. The molecule has 0 aromatic carbocycles. The third-order valence-corrected chi connectivity index (χ3v) is 3.46. The van der Waals surface area contributed by atoms with Gasteiger partial charge in [-0.15, -0.1) is 0 Å². The van der Waals surface area contributed by atoms with E-state index in [1.54, 1.807) is 0 Å². The molecule has 0 bridgehead atoms. The molecule has 0 saturated carbocycles. The summed E-state index contributed by atoms with van der Waals surface area (Å²) in [6, 6.07) is 0.508. The van der Waals surface area contributed by atoms with Gasteiger partial charge in [0.15, 0.2) is 11.0 Å². The van der Waals surface area contributed by atoms with Crippen molar-refractivity contribution < 1.29 is 0 Å². The minimum atomic E-state index is 0.347. The molecule has 1 atom stereocenters. The molecule has 16 heavy (non-hydrogen) atoms. The van der Waals surface area contributed by atoms with Gasteiger partial charge in [-0.05, 0) is 18.8 Å². The van der Waals surface area contributed by atoms with E-state index in [-0.39, 0.29) is 0 Å². The molecule has 1 saturated heterocycles. The molecular formula is C11H17ClN4. The second kappa shape index (κ2) is 4.45. The summed E-state index contributed by atoms with van der Waals surface area (Å²) in [6.07, 6.45) is 3.85. The van der Waals surface area contributed by atoms with Crippen molar-refractivity contribution in [3.05, 3.63) is 11.5 Å². The van der Waals surface area contributed by atoms with Crippen molar-refractivity contribution >= 4 is 23.1 Å². The van der Waals surface area contributed by atoms with Crippen molar-refractivity contribution in [1.29, 1.82) is 0 Å². The Morgan fingerprint density at radius 1 is 1.50 bits per heavy atom. The minimum absolute atomic E-state index is 0.347. The molecule has 2 rings (SSSR count). The van der Waals surface area contributed by atoms with E-state index in [4.69, 9.17) is 17.3 Å². The lowest BCUT2D eigenvalue weighted by atomic mass is 10.0. The van der Waals surface area contributed by atoms with Crippen LogP contribution in [0.3, 0.4) is 0 Å². The molecule has 0 aliphatic carbocycles. The lowest BCUT2D eigenvalue weighted by Gasteiger charge is -2.29. The number of rotatable bonds is 2. The van der Waals surface area contributed by atoms with Crippen molar-refractivity contribution in [1.82, 2.24) is 9.97 Å². The number of hydrogen-bond acceptors (Lipinski definition) is 4. The third kappa shape index (κ3) is 1.94. The monoisotopic (exact) mass is 240 g/mol. The van der Waals surface area contributed by atoms with E-state index in [1.165, 1.54) is 19.2 Å². The summed E-state index contributed by atoms with van der Waals surface area (Å²) in [4.78, 5) is 10.4. The fourth-order valence-electron chi connectivity index (χ4n) is 2.34. The quantitative estimate of drug-likeness (QED) is 0.807. The van der Waals surface area contributed by atoms with Gasteiger partial charge in [-0.3, -0.25) is 0 Å². The molecule has 1 aromatic heterocycles. The maximum Gasteiger partial charge on any atom is 0.157 e. The number of nitrogens with two attached hydrogens (primary N) is 1. The molecule has 1 aliphatic rings. The van der Waals surface area contributed by atoms with E-state index in [1.807, 2.05) is 0 Å². The van der Waals surface area contributed by atoms with Crippen molar-refractivity contribution in [2.75, 3.05) is 17.2 Å². The van der Waals surface area contributed by atoms with Gasteiger partial charge in [-0.2, -0.15) is 0 Å². The Labute approximate surface area is 101 Å². The second-order valence-electron chi connectivity index (χ2n) is 4.55. The smallest absolute Gasteiger partial charge is 0.157 e.